The third-order valence-corrected chi connectivity index (χ3v) is 4.36. The standard InChI is InChI=1S/C13H22N4O3/c1-3-13(6-4-5-7-13)12-14-15-16-17(12)9-10(20-2)8-11(18)19/h10H,3-9H2,1-2H3,(H,18,19). The molecule has 7 heteroatoms. The summed E-state index contributed by atoms with van der Waals surface area (Å²) in [7, 11) is 1.52. The first-order valence-corrected chi connectivity index (χ1v) is 7.12. The van der Waals surface area contributed by atoms with E-state index in [2.05, 4.69) is 22.4 Å². The zero-order valence-electron chi connectivity index (χ0n) is 12.1. The minimum atomic E-state index is -0.877. The Morgan fingerprint density at radius 3 is 2.75 bits per heavy atom. The Bertz CT molecular complexity index is 454. The predicted octanol–water partition coefficient (Wildman–Crippen LogP) is 1.38. The second-order valence-electron chi connectivity index (χ2n) is 5.48. The smallest absolute Gasteiger partial charge is 0.306 e. The van der Waals surface area contributed by atoms with Crippen LogP contribution in [0.5, 0.6) is 0 Å². The summed E-state index contributed by atoms with van der Waals surface area (Å²) in [4.78, 5) is 10.8. The number of aromatic nitrogens is 4. The molecule has 0 amide bonds. The summed E-state index contributed by atoms with van der Waals surface area (Å²) >= 11 is 0. The van der Waals surface area contributed by atoms with Crippen LogP contribution in [0.3, 0.4) is 0 Å². The summed E-state index contributed by atoms with van der Waals surface area (Å²) in [6, 6.07) is 0. The molecular weight excluding hydrogens is 260 g/mol. The van der Waals surface area contributed by atoms with E-state index in [1.54, 1.807) is 4.68 Å². The van der Waals surface area contributed by atoms with E-state index in [-0.39, 0.29) is 11.8 Å². The highest BCUT2D eigenvalue weighted by Crippen LogP contribution is 2.42. The number of rotatable bonds is 7. The van der Waals surface area contributed by atoms with Crippen molar-refractivity contribution in [2.24, 2.45) is 0 Å². The van der Waals surface area contributed by atoms with Gasteiger partial charge in [-0.15, -0.1) is 5.10 Å². The van der Waals surface area contributed by atoms with E-state index in [4.69, 9.17) is 9.84 Å². The SMILES string of the molecule is CCC1(c2nnnn2CC(CC(=O)O)OC)CCCC1. The lowest BCUT2D eigenvalue weighted by molar-refractivity contribution is -0.140. The Hall–Kier alpha value is -1.50. The highest BCUT2D eigenvalue weighted by atomic mass is 16.5. The lowest BCUT2D eigenvalue weighted by Gasteiger charge is -2.26. The van der Waals surface area contributed by atoms with Crippen molar-refractivity contribution in [2.45, 2.75) is 63.5 Å². The molecule has 0 radical (unpaired) electrons. The Labute approximate surface area is 118 Å². The molecule has 20 heavy (non-hydrogen) atoms. The van der Waals surface area contributed by atoms with E-state index >= 15 is 0 Å². The van der Waals surface area contributed by atoms with Crippen LogP contribution >= 0.6 is 0 Å². The van der Waals surface area contributed by atoms with E-state index in [0.717, 1.165) is 25.1 Å². The van der Waals surface area contributed by atoms with Gasteiger partial charge in [0.1, 0.15) is 0 Å². The second kappa shape index (κ2) is 6.30. The largest absolute Gasteiger partial charge is 0.481 e. The van der Waals surface area contributed by atoms with Crippen molar-refractivity contribution in [3.63, 3.8) is 0 Å². The lowest BCUT2D eigenvalue weighted by atomic mass is 9.82. The van der Waals surface area contributed by atoms with Crippen LogP contribution in [-0.4, -0.2) is 44.5 Å². The first-order valence-electron chi connectivity index (χ1n) is 7.12. The number of tetrazole rings is 1. The van der Waals surface area contributed by atoms with Gasteiger partial charge in [-0.25, -0.2) is 4.68 Å². The Morgan fingerprint density at radius 2 is 2.20 bits per heavy atom. The van der Waals surface area contributed by atoms with Crippen LogP contribution in [-0.2, 0) is 21.5 Å². The summed E-state index contributed by atoms with van der Waals surface area (Å²) in [5, 5.41) is 20.9. The zero-order valence-corrected chi connectivity index (χ0v) is 12.1. The Morgan fingerprint density at radius 1 is 1.50 bits per heavy atom. The number of carboxylic acid groups (broad SMARTS) is 1. The minimum Gasteiger partial charge on any atom is -0.481 e. The number of aliphatic carboxylic acids is 1. The zero-order chi connectivity index (χ0) is 14.6. The lowest BCUT2D eigenvalue weighted by Crippen LogP contribution is -2.30. The van der Waals surface area contributed by atoms with Crippen LogP contribution in [0.25, 0.3) is 0 Å². The number of carbonyl (C=O) groups is 1. The molecule has 1 aromatic heterocycles. The van der Waals surface area contributed by atoms with Crippen LogP contribution in [0.2, 0.25) is 0 Å². The molecule has 0 spiro atoms. The van der Waals surface area contributed by atoms with Crippen LogP contribution < -0.4 is 0 Å². The number of nitrogens with zero attached hydrogens (tertiary/aromatic N) is 4. The molecule has 112 valence electrons. The van der Waals surface area contributed by atoms with E-state index in [9.17, 15) is 4.79 Å². The van der Waals surface area contributed by atoms with Crippen molar-refractivity contribution >= 4 is 5.97 Å². The molecule has 1 fully saturated rings. The van der Waals surface area contributed by atoms with Crippen molar-refractivity contribution in [3.05, 3.63) is 5.82 Å². The third kappa shape index (κ3) is 2.98. The molecule has 1 aliphatic carbocycles. The first kappa shape index (κ1) is 14.9. The molecule has 2 rings (SSSR count). The van der Waals surface area contributed by atoms with Crippen molar-refractivity contribution < 1.29 is 14.6 Å². The molecular formula is C13H22N4O3. The second-order valence-corrected chi connectivity index (χ2v) is 5.48. The molecule has 1 heterocycles. The van der Waals surface area contributed by atoms with Crippen molar-refractivity contribution in [1.29, 1.82) is 0 Å². The maximum absolute atomic E-state index is 10.8. The Kier molecular flexibility index (Phi) is 4.69. The summed E-state index contributed by atoms with van der Waals surface area (Å²) < 4.78 is 6.95. The summed E-state index contributed by atoms with van der Waals surface area (Å²) in [5.74, 6) is 0.00230. The van der Waals surface area contributed by atoms with Gasteiger partial charge in [0.15, 0.2) is 5.82 Å². The van der Waals surface area contributed by atoms with Gasteiger partial charge in [-0.05, 0) is 29.7 Å². The van der Waals surface area contributed by atoms with E-state index in [0.29, 0.717) is 6.54 Å². The number of methoxy groups -OCH3 is 1. The summed E-state index contributed by atoms with van der Waals surface area (Å²) in [6.07, 6.45) is 5.14. The monoisotopic (exact) mass is 282 g/mol. The molecule has 0 aromatic carbocycles. The third-order valence-electron chi connectivity index (χ3n) is 4.36. The molecule has 0 aliphatic heterocycles. The number of hydrogen-bond acceptors (Lipinski definition) is 5. The molecule has 0 saturated heterocycles. The van der Waals surface area contributed by atoms with Gasteiger partial charge in [0.2, 0.25) is 0 Å². The van der Waals surface area contributed by atoms with Gasteiger partial charge in [-0.3, -0.25) is 4.79 Å². The fourth-order valence-electron chi connectivity index (χ4n) is 3.10. The molecule has 1 atom stereocenters. The minimum absolute atomic E-state index is 0.0466. The van der Waals surface area contributed by atoms with Crippen molar-refractivity contribution in [2.75, 3.05) is 7.11 Å². The van der Waals surface area contributed by atoms with Gasteiger partial charge < -0.3 is 9.84 Å². The normalized spacial score (nSPS) is 19.1. The van der Waals surface area contributed by atoms with Crippen LogP contribution in [0.15, 0.2) is 0 Å². The van der Waals surface area contributed by atoms with Crippen LogP contribution in [0.1, 0.15) is 51.3 Å². The topological polar surface area (TPSA) is 90.1 Å². The summed E-state index contributed by atoms with van der Waals surface area (Å²) in [6.45, 7) is 2.54. The molecule has 0 bridgehead atoms. The summed E-state index contributed by atoms with van der Waals surface area (Å²) in [5.41, 5.74) is 0.0466. The number of ether oxygens (including phenoxy) is 1. The fraction of sp³-hybridized carbons (Fsp3) is 0.846. The van der Waals surface area contributed by atoms with Gasteiger partial charge in [0.05, 0.1) is 19.1 Å². The first-order chi connectivity index (χ1) is 9.61. The van der Waals surface area contributed by atoms with Gasteiger partial charge in [-0.2, -0.15) is 0 Å². The number of hydrogen-bond donors (Lipinski definition) is 1. The van der Waals surface area contributed by atoms with Crippen molar-refractivity contribution in [1.82, 2.24) is 20.2 Å². The molecule has 7 nitrogen and oxygen atoms in total. The molecule has 1 N–H and O–H groups in total. The van der Waals surface area contributed by atoms with E-state index in [1.165, 1.54) is 20.0 Å². The highest BCUT2D eigenvalue weighted by molar-refractivity contribution is 5.67. The van der Waals surface area contributed by atoms with Gasteiger partial charge in [-0.1, -0.05) is 19.8 Å². The molecule has 1 aromatic rings. The van der Waals surface area contributed by atoms with Crippen molar-refractivity contribution in [3.8, 4) is 0 Å². The van der Waals surface area contributed by atoms with Gasteiger partial charge in [0.25, 0.3) is 0 Å². The number of carboxylic acids is 1. The van der Waals surface area contributed by atoms with Gasteiger partial charge >= 0.3 is 5.97 Å². The maximum atomic E-state index is 10.8. The Balaban J connectivity index is 2.17. The molecule has 1 aliphatic rings. The maximum Gasteiger partial charge on any atom is 0.306 e. The van der Waals surface area contributed by atoms with Crippen LogP contribution in [0, 0.1) is 0 Å². The highest BCUT2D eigenvalue weighted by Gasteiger charge is 2.39. The van der Waals surface area contributed by atoms with E-state index < -0.39 is 12.1 Å². The molecule has 1 unspecified atom stereocenters. The molecule has 1 saturated carbocycles. The average Bonchev–Trinajstić information content (AvgIpc) is 3.06. The van der Waals surface area contributed by atoms with E-state index in [1.807, 2.05) is 0 Å². The fourth-order valence-corrected chi connectivity index (χ4v) is 3.10. The average molecular weight is 282 g/mol. The quantitative estimate of drug-likeness (QED) is 0.812. The van der Waals surface area contributed by atoms with Gasteiger partial charge in [0, 0.05) is 12.5 Å². The predicted molar refractivity (Wildman–Crippen MR) is 71.3 cm³/mol. The van der Waals surface area contributed by atoms with Crippen LogP contribution in [0.4, 0.5) is 0 Å².